The summed E-state index contributed by atoms with van der Waals surface area (Å²) in [5, 5.41) is 3.25. The number of piperazine rings is 1. The van der Waals surface area contributed by atoms with Crippen molar-refractivity contribution in [3.8, 4) is 5.75 Å². The summed E-state index contributed by atoms with van der Waals surface area (Å²) < 4.78 is 10.9. The second-order valence-electron chi connectivity index (χ2n) is 10.5. The van der Waals surface area contributed by atoms with Crippen LogP contribution in [0.5, 0.6) is 5.75 Å². The van der Waals surface area contributed by atoms with Crippen molar-refractivity contribution in [2.75, 3.05) is 90.7 Å². The van der Waals surface area contributed by atoms with Crippen LogP contribution >= 0.6 is 0 Å². The molecular formula is C27H41N5O4. The molecule has 198 valence electrons. The minimum absolute atomic E-state index is 0.0332. The van der Waals surface area contributed by atoms with E-state index in [2.05, 4.69) is 32.1 Å². The number of hydrogen-bond donors (Lipinski definition) is 1. The number of amides is 2. The Kier molecular flexibility index (Phi) is 8.29. The van der Waals surface area contributed by atoms with E-state index in [0.29, 0.717) is 52.4 Å². The van der Waals surface area contributed by atoms with Gasteiger partial charge in [0.2, 0.25) is 11.8 Å². The second-order valence-corrected chi connectivity index (χ2v) is 10.5. The van der Waals surface area contributed by atoms with E-state index in [-0.39, 0.29) is 23.8 Å². The number of likely N-dealkylation sites (tertiary alicyclic amines) is 1. The van der Waals surface area contributed by atoms with Gasteiger partial charge in [0.25, 0.3) is 0 Å². The first-order valence-corrected chi connectivity index (χ1v) is 13.6. The van der Waals surface area contributed by atoms with Gasteiger partial charge in [-0.15, -0.1) is 0 Å². The lowest BCUT2D eigenvalue weighted by Crippen LogP contribution is -2.62. The Morgan fingerprint density at radius 2 is 1.83 bits per heavy atom. The van der Waals surface area contributed by atoms with E-state index < -0.39 is 0 Å². The van der Waals surface area contributed by atoms with Gasteiger partial charge < -0.3 is 29.5 Å². The Balaban J connectivity index is 1.27. The van der Waals surface area contributed by atoms with Crippen molar-refractivity contribution >= 4 is 17.5 Å². The molecular weight excluding hydrogens is 458 g/mol. The summed E-state index contributed by atoms with van der Waals surface area (Å²) in [6, 6.07) is 6.22. The van der Waals surface area contributed by atoms with Crippen LogP contribution in [0, 0.1) is 5.92 Å². The number of benzene rings is 1. The first-order chi connectivity index (χ1) is 17.6. The number of methoxy groups -OCH3 is 1. The van der Waals surface area contributed by atoms with Gasteiger partial charge >= 0.3 is 0 Å². The van der Waals surface area contributed by atoms with Gasteiger partial charge in [-0.05, 0) is 44.0 Å². The lowest BCUT2D eigenvalue weighted by Gasteiger charge is -2.49. The van der Waals surface area contributed by atoms with Gasteiger partial charge in [0.15, 0.2) is 0 Å². The molecule has 4 heterocycles. The van der Waals surface area contributed by atoms with Gasteiger partial charge in [-0.1, -0.05) is 12.5 Å². The lowest BCUT2D eigenvalue weighted by atomic mass is 9.83. The van der Waals surface area contributed by atoms with Crippen molar-refractivity contribution in [1.82, 2.24) is 20.0 Å². The Bertz CT molecular complexity index is 915. The second kappa shape index (κ2) is 11.8. The monoisotopic (exact) mass is 499 g/mol. The summed E-state index contributed by atoms with van der Waals surface area (Å²) in [5.41, 5.74) is 2.36. The summed E-state index contributed by atoms with van der Waals surface area (Å²) in [4.78, 5) is 35.4. The van der Waals surface area contributed by atoms with Crippen LogP contribution in [0.4, 0.5) is 5.69 Å². The Morgan fingerprint density at radius 1 is 1.03 bits per heavy atom. The molecule has 1 N–H and O–H groups in total. The summed E-state index contributed by atoms with van der Waals surface area (Å²) in [7, 11) is 1.69. The van der Waals surface area contributed by atoms with Crippen molar-refractivity contribution in [1.29, 1.82) is 0 Å². The van der Waals surface area contributed by atoms with Gasteiger partial charge in [-0.2, -0.15) is 0 Å². The van der Waals surface area contributed by atoms with E-state index in [0.717, 1.165) is 44.2 Å². The molecule has 4 aliphatic heterocycles. The molecule has 2 amide bonds. The van der Waals surface area contributed by atoms with Crippen LogP contribution < -0.4 is 15.0 Å². The van der Waals surface area contributed by atoms with Gasteiger partial charge in [0, 0.05) is 57.6 Å². The van der Waals surface area contributed by atoms with Crippen LogP contribution in [0.3, 0.4) is 0 Å². The number of morpholine rings is 1. The summed E-state index contributed by atoms with van der Waals surface area (Å²) in [5.74, 6) is 0.979. The summed E-state index contributed by atoms with van der Waals surface area (Å²) >= 11 is 0. The van der Waals surface area contributed by atoms with Gasteiger partial charge in [0.1, 0.15) is 5.75 Å². The minimum Gasteiger partial charge on any atom is -0.497 e. The number of ether oxygens (including phenoxy) is 2. The first kappa shape index (κ1) is 25.3. The van der Waals surface area contributed by atoms with Crippen LogP contribution in [0.1, 0.15) is 24.8 Å². The molecule has 9 nitrogen and oxygen atoms in total. The molecule has 0 spiro atoms. The third kappa shape index (κ3) is 5.79. The number of piperidine rings is 1. The van der Waals surface area contributed by atoms with E-state index in [1.807, 2.05) is 11.0 Å². The van der Waals surface area contributed by atoms with Crippen molar-refractivity contribution in [3.63, 3.8) is 0 Å². The number of rotatable bonds is 7. The predicted octanol–water partition coefficient (Wildman–Crippen LogP) is 0.819. The minimum atomic E-state index is -0.145. The number of carbonyl (C=O) groups is 2. The lowest BCUT2D eigenvalue weighted by molar-refractivity contribution is -0.136. The number of fused-ring (bicyclic) bond motifs is 3. The van der Waals surface area contributed by atoms with E-state index in [9.17, 15) is 9.59 Å². The van der Waals surface area contributed by atoms with Crippen molar-refractivity contribution in [2.24, 2.45) is 5.92 Å². The molecule has 36 heavy (non-hydrogen) atoms. The molecule has 1 aromatic carbocycles. The summed E-state index contributed by atoms with van der Waals surface area (Å²) in [6.45, 7) is 9.13. The molecule has 1 aromatic rings. The maximum Gasteiger partial charge on any atom is 0.236 e. The number of hydrogen-bond acceptors (Lipinski definition) is 7. The van der Waals surface area contributed by atoms with Crippen LogP contribution in [0.25, 0.3) is 0 Å². The quantitative estimate of drug-likeness (QED) is 0.595. The normalized spacial score (nSPS) is 25.1. The fourth-order valence-corrected chi connectivity index (χ4v) is 6.16. The SMILES string of the molecule is COc1ccc2c(c1)N1CCN(CC(=O)N3CCOCC3)C[C@H]1[C@@H](C(=O)NCCN1CCCCC1)C2. The average molecular weight is 500 g/mol. The highest BCUT2D eigenvalue weighted by molar-refractivity contribution is 5.82. The van der Waals surface area contributed by atoms with E-state index >= 15 is 0 Å². The highest BCUT2D eigenvalue weighted by Gasteiger charge is 2.42. The van der Waals surface area contributed by atoms with Crippen LogP contribution in [0.15, 0.2) is 18.2 Å². The fourth-order valence-electron chi connectivity index (χ4n) is 6.16. The zero-order valence-corrected chi connectivity index (χ0v) is 21.6. The molecule has 2 atom stereocenters. The zero-order chi connectivity index (χ0) is 24.9. The number of anilines is 1. The molecule has 0 aliphatic carbocycles. The van der Waals surface area contributed by atoms with Crippen molar-refractivity contribution < 1.29 is 19.1 Å². The maximum absolute atomic E-state index is 13.5. The molecule has 0 saturated carbocycles. The van der Waals surface area contributed by atoms with Crippen LogP contribution in [-0.4, -0.2) is 118 Å². The van der Waals surface area contributed by atoms with Gasteiger partial charge in [0.05, 0.1) is 38.8 Å². The van der Waals surface area contributed by atoms with E-state index in [4.69, 9.17) is 9.47 Å². The highest BCUT2D eigenvalue weighted by atomic mass is 16.5. The molecule has 0 radical (unpaired) electrons. The maximum atomic E-state index is 13.5. The standard InChI is InChI=1S/C27H41N5O4/c1-35-22-6-5-21-17-23(27(34)28-7-10-29-8-3-2-4-9-29)25-19-30(11-12-32(25)24(21)18-22)20-26(33)31-13-15-36-16-14-31/h5-6,18,23,25H,2-4,7-17,19-20H2,1H3,(H,28,34)/t23-,25-/m0/s1. The molecule has 0 bridgehead atoms. The molecule has 0 unspecified atom stereocenters. The Morgan fingerprint density at radius 3 is 2.61 bits per heavy atom. The zero-order valence-electron chi connectivity index (χ0n) is 21.6. The number of nitrogens with one attached hydrogen (secondary N) is 1. The molecule has 4 aliphatic rings. The molecule has 3 saturated heterocycles. The van der Waals surface area contributed by atoms with E-state index in [1.165, 1.54) is 24.8 Å². The average Bonchev–Trinajstić information content (AvgIpc) is 2.93. The largest absolute Gasteiger partial charge is 0.497 e. The van der Waals surface area contributed by atoms with Crippen molar-refractivity contribution in [2.45, 2.75) is 31.7 Å². The predicted molar refractivity (Wildman–Crippen MR) is 138 cm³/mol. The summed E-state index contributed by atoms with van der Waals surface area (Å²) in [6.07, 6.45) is 4.54. The highest BCUT2D eigenvalue weighted by Crippen LogP contribution is 2.38. The molecule has 5 rings (SSSR count). The van der Waals surface area contributed by atoms with Gasteiger partial charge in [-0.25, -0.2) is 0 Å². The van der Waals surface area contributed by atoms with Gasteiger partial charge in [-0.3, -0.25) is 14.5 Å². The third-order valence-corrected chi connectivity index (χ3v) is 8.24. The Labute approximate surface area is 214 Å². The van der Waals surface area contributed by atoms with Crippen molar-refractivity contribution in [3.05, 3.63) is 23.8 Å². The molecule has 3 fully saturated rings. The van der Waals surface area contributed by atoms with Crippen LogP contribution in [-0.2, 0) is 20.7 Å². The Hall–Kier alpha value is -2.36. The first-order valence-electron chi connectivity index (χ1n) is 13.6. The number of nitrogens with zero attached hydrogens (tertiary/aromatic N) is 4. The third-order valence-electron chi connectivity index (χ3n) is 8.24. The molecule has 9 heteroatoms. The molecule has 0 aromatic heterocycles. The smallest absolute Gasteiger partial charge is 0.236 e. The topological polar surface area (TPSA) is 77.6 Å². The fraction of sp³-hybridized carbons (Fsp3) is 0.704. The van der Waals surface area contributed by atoms with E-state index in [1.54, 1.807) is 7.11 Å². The van der Waals surface area contributed by atoms with Crippen LogP contribution in [0.2, 0.25) is 0 Å². The number of carbonyl (C=O) groups excluding carboxylic acids is 2.